The van der Waals surface area contributed by atoms with Crippen LogP contribution in [-0.2, 0) is 13.0 Å². The molecule has 76 valence electrons. The summed E-state index contributed by atoms with van der Waals surface area (Å²) < 4.78 is 5.43. The zero-order chi connectivity index (χ0) is 9.80. The van der Waals surface area contributed by atoms with Crippen molar-refractivity contribution in [3.63, 3.8) is 0 Å². The predicted octanol–water partition coefficient (Wildman–Crippen LogP) is 0.132. The third-order valence-corrected chi connectivity index (χ3v) is 2.31. The lowest BCUT2D eigenvalue weighted by Gasteiger charge is -2.05. The molecule has 0 bridgehead atoms. The highest BCUT2D eigenvalue weighted by molar-refractivity contribution is 5.39. The van der Waals surface area contributed by atoms with Crippen LogP contribution >= 0.6 is 0 Å². The Bertz CT molecular complexity index is 314. The number of nitrogens with one attached hydrogen (secondary N) is 2. The summed E-state index contributed by atoms with van der Waals surface area (Å²) in [7, 11) is 0. The first-order valence-corrected chi connectivity index (χ1v) is 4.79. The van der Waals surface area contributed by atoms with Crippen molar-refractivity contribution in [2.75, 3.05) is 13.3 Å². The molecular weight excluding hydrogens is 178 g/mol. The van der Waals surface area contributed by atoms with Gasteiger partial charge in [-0.3, -0.25) is 11.2 Å². The summed E-state index contributed by atoms with van der Waals surface area (Å²) >= 11 is 0. The van der Waals surface area contributed by atoms with E-state index in [9.17, 15) is 0 Å². The number of benzene rings is 1. The molecule has 0 spiro atoms. The zero-order valence-electron chi connectivity index (χ0n) is 8.05. The van der Waals surface area contributed by atoms with Gasteiger partial charge in [-0.05, 0) is 17.2 Å². The molecule has 0 atom stereocenters. The van der Waals surface area contributed by atoms with Gasteiger partial charge in [0.25, 0.3) is 0 Å². The highest BCUT2D eigenvalue weighted by atomic mass is 16.5. The van der Waals surface area contributed by atoms with Crippen LogP contribution in [0, 0.1) is 0 Å². The third-order valence-electron chi connectivity index (χ3n) is 2.31. The molecule has 1 aromatic carbocycles. The minimum absolute atomic E-state index is 0.619. The Morgan fingerprint density at radius 3 is 3.21 bits per heavy atom. The van der Waals surface area contributed by atoms with Gasteiger partial charge in [-0.2, -0.15) is 0 Å². The van der Waals surface area contributed by atoms with Gasteiger partial charge in [0.05, 0.1) is 13.3 Å². The first-order chi connectivity index (χ1) is 6.90. The summed E-state index contributed by atoms with van der Waals surface area (Å²) in [6.07, 6.45) is 1.03. The van der Waals surface area contributed by atoms with Crippen molar-refractivity contribution in [1.82, 2.24) is 10.7 Å². The van der Waals surface area contributed by atoms with E-state index in [0.717, 1.165) is 25.3 Å². The zero-order valence-corrected chi connectivity index (χ0v) is 8.05. The largest absolute Gasteiger partial charge is 0.493 e. The van der Waals surface area contributed by atoms with Crippen LogP contribution in [0.2, 0.25) is 0 Å². The lowest BCUT2D eigenvalue weighted by molar-refractivity contribution is 0.357. The van der Waals surface area contributed by atoms with Crippen molar-refractivity contribution < 1.29 is 4.74 Å². The lowest BCUT2D eigenvalue weighted by Crippen LogP contribution is -2.33. The smallest absolute Gasteiger partial charge is 0.122 e. The van der Waals surface area contributed by atoms with Gasteiger partial charge < -0.3 is 4.74 Å². The molecule has 0 saturated carbocycles. The van der Waals surface area contributed by atoms with Crippen molar-refractivity contribution >= 4 is 0 Å². The molecule has 4 nitrogen and oxygen atoms in total. The van der Waals surface area contributed by atoms with Crippen LogP contribution in [-0.4, -0.2) is 13.3 Å². The van der Waals surface area contributed by atoms with Crippen LogP contribution < -0.4 is 21.3 Å². The highest BCUT2D eigenvalue weighted by Crippen LogP contribution is 2.25. The summed E-state index contributed by atoms with van der Waals surface area (Å²) in [5.74, 6) is 6.18. The quantitative estimate of drug-likeness (QED) is 0.275. The van der Waals surface area contributed by atoms with E-state index in [2.05, 4.69) is 22.9 Å². The molecule has 0 fully saturated rings. The van der Waals surface area contributed by atoms with Crippen molar-refractivity contribution in [2.45, 2.75) is 13.0 Å². The molecule has 1 aromatic rings. The normalized spacial score (nSPS) is 13.8. The summed E-state index contributed by atoms with van der Waals surface area (Å²) in [5, 5.41) is 3.17. The predicted molar refractivity (Wildman–Crippen MR) is 54.7 cm³/mol. The monoisotopic (exact) mass is 193 g/mol. The number of ether oxygens (including phenoxy) is 1. The third kappa shape index (κ3) is 2.04. The first-order valence-electron chi connectivity index (χ1n) is 4.79. The fraction of sp³-hybridized carbons (Fsp3) is 0.400. The Morgan fingerprint density at radius 1 is 1.43 bits per heavy atom. The number of hydrogen-bond donors (Lipinski definition) is 3. The number of rotatable bonds is 4. The average molecular weight is 193 g/mol. The summed E-state index contributed by atoms with van der Waals surface area (Å²) in [6, 6.07) is 6.30. The Labute approximate surface area is 83.4 Å². The maximum Gasteiger partial charge on any atom is 0.122 e. The maximum atomic E-state index is 5.43. The fourth-order valence-corrected chi connectivity index (χ4v) is 1.63. The summed E-state index contributed by atoms with van der Waals surface area (Å²) in [5.41, 5.74) is 5.13. The van der Waals surface area contributed by atoms with E-state index in [1.165, 1.54) is 11.1 Å². The summed E-state index contributed by atoms with van der Waals surface area (Å²) in [4.78, 5) is 0. The maximum absolute atomic E-state index is 5.43. The minimum Gasteiger partial charge on any atom is -0.493 e. The second kappa shape index (κ2) is 4.41. The van der Waals surface area contributed by atoms with Crippen LogP contribution in [0.5, 0.6) is 5.75 Å². The van der Waals surface area contributed by atoms with E-state index in [4.69, 9.17) is 10.6 Å². The summed E-state index contributed by atoms with van der Waals surface area (Å²) in [6.45, 7) is 2.27. The van der Waals surface area contributed by atoms with Crippen LogP contribution in [0.25, 0.3) is 0 Å². The number of fused-ring (bicyclic) bond motifs is 1. The van der Waals surface area contributed by atoms with Crippen LogP contribution in [0.3, 0.4) is 0 Å². The van der Waals surface area contributed by atoms with E-state index < -0.39 is 0 Å². The van der Waals surface area contributed by atoms with E-state index in [-0.39, 0.29) is 0 Å². The molecule has 0 aromatic heterocycles. The van der Waals surface area contributed by atoms with Crippen molar-refractivity contribution in [3.05, 3.63) is 29.3 Å². The highest BCUT2D eigenvalue weighted by Gasteiger charge is 2.11. The average Bonchev–Trinajstić information content (AvgIpc) is 2.65. The number of nitrogens with two attached hydrogens (primary N) is 1. The lowest BCUT2D eigenvalue weighted by atomic mass is 10.1. The molecule has 0 amide bonds. The van der Waals surface area contributed by atoms with Crippen molar-refractivity contribution in [1.29, 1.82) is 0 Å². The van der Waals surface area contributed by atoms with E-state index in [0.29, 0.717) is 6.67 Å². The molecule has 0 saturated heterocycles. The molecule has 0 aliphatic carbocycles. The molecule has 1 heterocycles. The second-order valence-corrected chi connectivity index (χ2v) is 3.35. The Balaban J connectivity index is 1.98. The van der Waals surface area contributed by atoms with Gasteiger partial charge >= 0.3 is 0 Å². The first kappa shape index (κ1) is 9.45. The molecule has 4 N–H and O–H groups in total. The van der Waals surface area contributed by atoms with Crippen molar-refractivity contribution in [2.24, 2.45) is 5.84 Å². The molecular formula is C10H15N3O. The van der Waals surface area contributed by atoms with Crippen LogP contribution in [0.1, 0.15) is 11.1 Å². The van der Waals surface area contributed by atoms with Gasteiger partial charge in [0.2, 0.25) is 0 Å². The molecule has 4 heteroatoms. The van der Waals surface area contributed by atoms with Gasteiger partial charge in [0.1, 0.15) is 5.75 Å². The van der Waals surface area contributed by atoms with E-state index in [1.807, 2.05) is 6.07 Å². The van der Waals surface area contributed by atoms with Gasteiger partial charge in [-0.1, -0.05) is 12.1 Å². The van der Waals surface area contributed by atoms with Gasteiger partial charge in [0.15, 0.2) is 0 Å². The molecule has 0 radical (unpaired) electrons. The standard InChI is InChI=1S/C10H15N3O/c11-13-7-12-6-8-1-2-10-9(5-8)3-4-14-10/h1-2,5,12-13H,3-4,6-7,11H2. The van der Waals surface area contributed by atoms with E-state index in [1.54, 1.807) is 0 Å². The van der Waals surface area contributed by atoms with Gasteiger partial charge in [-0.15, -0.1) is 0 Å². The number of hydrazine groups is 1. The fourth-order valence-electron chi connectivity index (χ4n) is 1.63. The van der Waals surface area contributed by atoms with Crippen LogP contribution in [0.15, 0.2) is 18.2 Å². The van der Waals surface area contributed by atoms with E-state index >= 15 is 0 Å². The Hall–Kier alpha value is -1.10. The number of hydrogen-bond acceptors (Lipinski definition) is 4. The van der Waals surface area contributed by atoms with Crippen molar-refractivity contribution in [3.8, 4) is 5.75 Å². The van der Waals surface area contributed by atoms with Crippen LogP contribution in [0.4, 0.5) is 0 Å². The second-order valence-electron chi connectivity index (χ2n) is 3.35. The Kier molecular flexibility index (Phi) is 2.98. The van der Waals surface area contributed by atoms with Gasteiger partial charge in [0, 0.05) is 13.0 Å². The molecule has 0 unspecified atom stereocenters. The molecule has 14 heavy (non-hydrogen) atoms. The molecule has 2 rings (SSSR count). The molecule has 1 aliphatic rings. The SMILES string of the molecule is NNCNCc1ccc2c(c1)CCO2. The minimum atomic E-state index is 0.619. The topological polar surface area (TPSA) is 59.3 Å². The Morgan fingerprint density at radius 2 is 2.36 bits per heavy atom. The van der Waals surface area contributed by atoms with Gasteiger partial charge in [-0.25, -0.2) is 5.43 Å². The molecule has 1 aliphatic heterocycles.